The van der Waals surface area contributed by atoms with E-state index in [9.17, 15) is 12.3 Å². The maximum Gasteiger partial charge on any atom is 0.375 e. The van der Waals surface area contributed by atoms with Crippen molar-refractivity contribution in [3.63, 3.8) is 0 Å². The summed E-state index contributed by atoms with van der Waals surface area (Å²) in [5.74, 6) is 0.732. The van der Waals surface area contributed by atoms with Crippen molar-refractivity contribution in [1.29, 1.82) is 0 Å². The number of benzene rings is 1. The predicted molar refractivity (Wildman–Crippen MR) is 57.1 cm³/mol. The largest absolute Gasteiger partial charge is 0.497 e. The third-order valence-electron chi connectivity index (χ3n) is 2.70. The topological polar surface area (TPSA) is 46.6 Å². The lowest BCUT2D eigenvalue weighted by Crippen LogP contribution is -2.33. The van der Waals surface area contributed by atoms with Gasteiger partial charge in [0.2, 0.25) is 0 Å². The third-order valence-corrected chi connectivity index (χ3v) is 3.63. The van der Waals surface area contributed by atoms with Crippen LogP contribution in [0.5, 0.6) is 5.75 Å². The zero-order valence-corrected chi connectivity index (χ0v) is 9.63. The van der Waals surface area contributed by atoms with Crippen molar-refractivity contribution < 1.29 is 17.0 Å². The van der Waals surface area contributed by atoms with Crippen LogP contribution < -0.4 is 4.74 Å². The molecule has 0 unspecified atom stereocenters. The second kappa shape index (κ2) is 4.03. The molecule has 88 valence electrons. The van der Waals surface area contributed by atoms with Crippen molar-refractivity contribution in [2.45, 2.75) is 13.0 Å². The van der Waals surface area contributed by atoms with E-state index in [-0.39, 0.29) is 13.1 Å². The van der Waals surface area contributed by atoms with E-state index in [1.807, 2.05) is 6.07 Å². The molecule has 1 aliphatic heterocycles. The van der Waals surface area contributed by atoms with Gasteiger partial charge in [0.1, 0.15) is 5.75 Å². The van der Waals surface area contributed by atoms with Gasteiger partial charge >= 0.3 is 10.4 Å². The van der Waals surface area contributed by atoms with Gasteiger partial charge < -0.3 is 4.74 Å². The molecule has 0 bridgehead atoms. The number of halogens is 1. The van der Waals surface area contributed by atoms with E-state index < -0.39 is 10.4 Å². The summed E-state index contributed by atoms with van der Waals surface area (Å²) in [7, 11) is -3.01. The molecule has 2 rings (SSSR count). The third kappa shape index (κ3) is 2.17. The van der Waals surface area contributed by atoms with Crippen molar-refractivity contribution >= 4 is 10.4 Å². The first-order chi connectivity index (χ1) is 7.50. The smallest absolute Gasteiger partial charge is 0.375 e. The molecule has 0 saturated heterocycles. The minimum absolute atomic E-state index is 0.0954. The summed E-state index contributed by atoms with van der Waals surface area (Å²) in [6.07, 6.45) is 0.510. The number of hydrogen-bond donors (Lipinski definition) is 0. The molecule has 0 fully saturated rings. The summed E-state index contributed by atoms with van der Waals surface area (Å²) >= 11 is 0. The van der Waals surface area contributed by atoms with E-state index in [2.05, 4.69) is 0 Å². The molecular formula is C10H12FNO3S. The second-order valence-electron chi connectivity index (χ2n) is 3.66. The molecule has 1 aromatic carbocycles. The molecule has 0 aromatic heterocycles. The standard InChI is InChI=1S/C10H12FNO3S/c1-15-10-3-2-9-7-12(16(11,13)14)5-4-8(9)6-10/h2-3,6H,4-5,7H2,1H3. The van der Waals surface area contributed by atoms with Crippen LogP contribution in [0, 0.1) is 0 Å². The molecule has 0 saturated carbocycles. The van der Waals surface area contributed by atoms with Gasteiger partial charge in [-0.1, -0.05) is 9.95 Å². The normalized spacial score (nSPS) is 16.9. The average molecular weight is 245 g/mol. The van der Waals surface area contributed by atoms with Gasteiger partial charge in [-0.3, -0.25) is 0 Å². The summed E-state index contributed by atoms with van der Waals surface area (Å²) in [6.45, 7) is 0.275. The molecule has 1 aliphatic rings. The molecule has 0 radical (unpaired) electrons. The van der Waals surface area contributed by atoms with E-state index in [0.29, 0.717) is 6.42 Å². The highest BCUT2D eigenvalue weighted by molar-refractivity contribution is 7.83. The molecular weight excluding hydrogens is 233 g/mol. The molecule has 4 nitrogen and oxygen atoms in total. The van der Waals surface area contributed by atoms with Crippen molar-refractivity contribution in [2.75, 3.05) is 13.7 Å². The van der Waals surface area contributed by atoms with E-state index in [4.69, 9.17) is 4.74 Å². The van der Waals surface area contributed by atoms with E-state index in [0.717, 1.165) is 21.2 Å². The van der Waals surface area contributed by atoms with Crippen LogP contribution in [0.2, 0.25) is 0 Å². The molecule has 0 amide bonds. The minimum Gasteiger partial charge on any atom is -0.497 e. The van der Waals surface area contributed by atoms with Gasteiger partial charge in [-0.05, 0) is 29.7 Å². The van der Waals surface area contributed by atoms with Crippen LogP contribution in [0.3, 0.4) is 0 Å². The van der Waals surface area contributed by atoms with Crippen LogP contribution in [0.4, 0.5) is 3.89 Å². The quantitative estimate of drug-likeness (QED) is 0.737. The van der Waals surface area contributed by atoms with Crippen molar-refractivity contribution in [2.24, 2.45) is 0 Å². The van der Waals surface area contributed by atoms with Gasteiger partial charge in [-0.15, -0.1) is 0 Å². The number of fused-ring (bicyclic) bond motifs is 1. The highest BCUT2D eigenvalue weighted by atomic mass is 32.3. The fraction of sp³-hybridized carbons (Fsp3) is 0.400. The number of hydrogen-bond acceptors (Lipinski definition) is 3. The molecule has 0 aliphatic carbocycles. The zero-order chi connectivity index (χ0) is 11.8. The van der Waals surface area contributed by atoms with Gasteiger partial charge in [0.15, 0.2) is 0 Å². The van der Waals surface area contributed by atoms with Gasteiger partial charge in [-0.2, -0.15) is 12.7 Å². The summed E-state index contributed by atoms with van der Waals surface area (Å²) < 4.78 is 40.2. The summed E-state index contributed by atoms with van der Waals surface area (Å²) in [4.78, 5) is 0. The average Bonchev–Trinajstić information content (AvgIpc) is 2.26. The summed E-state index contributed by atoms with van der Waals surface area (Å²) in [5.41, 5.74) is 1.84. The predicted octanol–water partition coefficient (Wildman–Crippen LogP) is 1.27. The first-order valence-corrected chi connectivity index (χ1v) is 6.20. The fourth-order valence-electron chi connectivity index (χ4n) is 1.82. The SMILES string of the molecule is COc1ccc2c(c1)CCN(S(=O)(=O)F)C2. The Bertz CT molecular complexity index is 501. The van der Waals surface area contributed by atoms with Gasteiger partial charge in [0.05, 0.1) is 7.11 Å². The molecule has 0 spiro atoms. The first-order valence-electron chi connectivity index (χ1n) is 4.86. The molecule has 0 atom stereocenters. The van der Waals surface area contributed by atoms with Crippen LogP contribution in [0.1, 0.15) is 11.1 Å². The lowest BCUT2D eigenvalue weighted by Gasteiger charge is -2.24. The number of ether oxygens (including phenoxy) is 1. The van der Waals surface area contributed by atoms with Gasteiger partial charge in [0, 0.05) is 13.1 Å². The Morgan fingerprint density at radius 2 is 2.12 bits per heavy atom. The highest BCUT2D eigenvalue weighted by Gasteiger charge is 2.26. The lowest BCUT2D eigenvalue weighted by molar-refractivity contribution is 0.364. The number of rotatable bonds is 2. The van der Waals surface area contributed by atoms with Crippen LogP contribution in [-0.2, 0) is 23.4 Å². The molecule has 1 aromatic rings. The van der Waals surface area contributed by atoms with Crippen molar-refractivity contribution in [3.8, 4) is 5.75 Å². The Labute approximate surface area is 94.0 Å². The zero-order valence-electron chi connectivity index (χ0n) is 8.81. The van der Waals surface area contributed by atoms with Crippen molar-refractivity contribution in [1.82, 2.24) is 4.31 Å². The summed E-state index contributed by atoms with van der Waals surface area (Å²) in [5, 5.41) is 0. The maximum absolute atomic E-state index is 12.8. The molecule has 6 heteroatoms. The minimum atomic E-state index is -4.58. The van der Waals surface area contributed by atoms with Crippen LogP contribution in [0.25, 0.3) is 0 Å². The Hall–Kier alpha value is -1.14. The monoisotopic (exact) mass is 245 g/mol. The van der Waals surface area contributed by atoms with Gasteiger partial charge in [0.25, 0.3) is 0 Å². The van der Waals surface area contributed by atoms with E-state index in [1.165, 1.54) is 0 Å². The lowest BCUT2D eigenvalue weighted by atomic mass is 10.0. The van der Waals surface area contributed by atoms with Crippen molar-refractivity contribution in [3.05, 3.63) is 29.3 Å². The maximum atomic E-state index is 12.8. The van der Waals surface area contributed by atoms with Crippen LogP contribution >= 0.6 is 0 Å². The molecule has 16 heavy (non-hydrogen) atoms. The Balaban J connectivity index is 2.29. The van der Waals surface area contributed by atoms with Gasteiger partial charge in [-0.25, -0.2) is 0 Å². The van der Waals surface area contributed by atoms with E-state index in [1.54, 1.807) is 19.2 Å². The summed E-state index contributed by atoms with van der Waals surface area (Å²) in [6, 6.07) is 5.37. The first kappa shape index (κ1) is 11.3. The Morgan fingerprint density at radius 3 is 2.75 bits per heavy atom. The Kier molecular flexibility index (Phi) is 2.86. The highest BCUT2D eigenvalue weighted by Crippen LogP contribution is 2.25. The molecule has 0 N–H and O–H groups in total. The van der Waals surface area contributed by atoms with Crippen LogP contribution in [0.15, 0.2) is 18.2 Å². The Morgan fingerprint density at radius 1 is 1.38 bits per heavy atom. The molecule has 1 heterocycles. The fourth-order valence-corrected chi connectivity index (χ4v) is 2.42. The second-order valence-corrected chi connectivity index (χ2v) is 5.00. The van der Waals surface area contributed by atoms with E-state index >= 15 is 0 Å². The number of methoxy groups -OCH3 is 1. The van der Waals surface area contributed by atoms with Crippen LogP contribution in [-0.4, -0.2) is 26.4 Å². The number of nitrogens with zero attached hydrogens (tertiary/aromatic N) is 1.